The first-order valence-corrected chi connectivity index (χ1v) is 6.97. The molecule has 0 bridgehead atoms. The van der Waals surface area contributed by atoms with Crippen molar-refractivity contribution in [3.63, 3.8) is 0 Å². The summed E-state index contributed by atoms with van der Waals surface area (Å²) < 4.78 is 4.47. The minimum absolute atomic E-state index is 0.0497. The number of methoxy groups -OCH3 is 1. The van der Waals surface area contributed by atoms with E-state index in [2.05, 4.69) is 15.0 Å². The summed E-state index contributed by atoms with van der Waals surface area (Å²) >= 11 is 0. The van der Waals surface area contributed by atoms with Gasteiger partial charge in [-0.15, -0.1) is 0 Å². The fourth-order valence-corrected chi connectivity index (χ4v) is 2.15. The summed E-state index contributed by atoms with van der Waals surface area (Å²) in [4.78, 5) is 38.9. The highest BCUT2D eigenvalue weighted by Gasteiger charge is 2.22. The molecule has 1 atom stereocenters. The van der Waals surface area contributed by atoms with Crippen LogP contribution in [0.3, 0.4) is 0 Å². The molecule has 2 N–H and O–H groups in total. The van der Waals surface area contributed by atoms with Gasteiger partial charge in [0.15, 0.2) is 0 Å². The van der Waals surface area contributed by atoms with Gasteiger partial charge in [-0.2, -0.15) is 0 Å². The first-order chi connectivity index (χ1) is 11.0. The summed E-state index contributed by atoms with van der Waals surface area (Å²) in [6.45, 7) is 0. The van der Waals surface area contributed by atoms with Gasteiger partial charge in [-0.05, 0) is 18.6 Å². The van der Waals surface area contributed by atoms with Crippen LogP contribution in [0.2, 0.25) is 0 Å². The second-order valence-electron chi connectivity index (χ2n) is 4.86. The maximum atomic E-state index is 12.4. The summed E-state index contributed by atoms with van der Waals surface area (Å²) in [6, 6.07) is 7.46. The van der Waals surface area contributed by atoms with E-state index in [0.717, 1.165) is 5.39 Å². The van der Waals surface area contributed by atoms with Crippen molar-refractivity contribution in [3.05, 3.63) is 42.1 Å². The molecular weight excluding hydrogens is 300 g/mol. The van der Waals surface area contributed by atoms with E-state index in [1.807, 2.05) is 12.1 Å². The zero-order chi connectivity index (χ0) is 16.8. The molecule has 1 aromatic heterocycles. The van der Waals surface area contributed by atoms with Crippen LogP contribution in [0.25, 0.3) is 10.9 Å². The number of ether oxygens (including phenoxy) is 1. The Bertz CT molecular complexity index is 739. The molecule has 7 heteroatoms. The van der Waals surface area contributed by atoms with Crippen LogP contribution in [0.5, 0.6) is 0 Å². The molecule has 7 nitrogen and oxygen atoms in total. The molecule has 0 aliphatic rings. The minimum Gasteiger partial charge on any atom is -0.480 e. The number of fused-ring (bicyclic) bond motifs is 1. The van der Waals surface area contributed by atoms with E-state index in [1.54, 1.807) is 24.4 Å². The smallest absolute Gasteiger partial charge is 0.326 e. The van der Waals surface area contributed by atoms with Crippen molar-refractivity contribution < 1.29 is 24.2 Å². The number of esters is 1. The third-order valence-electron chi connectivity index (χ3n) is 3.35. The SMILES string of the molecule is COC(=O)CC[C@@H](NC(=O)c1cccc2cccnc12)C(=O)O. The quantitative estimate of drug-likeness (QED) is 0.780. The second kappa shape index (κ2) is 7.35. The Labute approximate surface area is 132 Å². The number of carbonyl (C=O) groups is 3. The largest absolute Gasteiger partial charge is 0.480 e. The average molecular weight is 316 g/mol. The number of nitrogens with zero attached hydrogens (tertiary/aromatic N) is 1. The Morgan fingerprint density at radius 3 is 2.70 bits per heavy atom. The maximum absolute atomic E-state index is 12.4. The van der Waals surface area contributed by atoms with E-state index >= 15 is 0 Å². The number of aromatic nitrogens is 1. The van der Waals surface area contributed by atoms with E-state index in [4.69, 9.17) is 0 Å². The monoisotopic (exact) mass is 316 g/mol. The molecule has 1 aromatic carbocycles. The number of pyridine rings is 1. The van der Waals surface area contributed by atoms with Crippen LogP contribution in [0.15, 0.2) is 36.5 Å². The molecule has 120 valence electrons. The Morgan fingerprint density at radius 1 is 1.26 bits per heavy atom. The van der Waals surface area contributed by atoms with Gasteiger partial charge in [0.25, 0.3) is 5.91 Å². The number of nitrogens with one attached hydrogen (secondary N) is 1. The van der Waals surface area contributed by atoms with E-state index < -0.39 is 23.9 Å². The summed E-state index contributed by atoms with van der Waals surface area (Å²) in [5, 5.41) is 12.4. The predicted octanol–water partition coefficient (Wildman–Crippen LogP) is 1.37. The summed E-state index contributed by atoms with van der Waals surface area (Å²) in [7, 11) is 1.22. The molecule has 0 saturated heterocycles. The number of rotatable bonds is 6. The van der Waals surface area contributed by atoms with E-state index in [0.29, 0.717) is 5.52 Å². The Morgan fingerprint density at radius 2 is 2.00 bits per heavy atom. The van der Waals surface area contributed by atoms with E-state index in [9.17, 15) is 19.5 Å². The summed E-state index contributed by atoms with van der Waals surface area (Å²) in [5.41, 5.74) is 0.775. The second-order valence-corrected chi connectivity index (χ2v) is 4.86. The number of aliphatic carboxylic acids is 1. The van der Waals surface area contributed by atoms with Crippen molar-refractivity contribution in [1.29, 1.82) is 0 Å². The van der Waals surface area contributed by atoms with Crippen molar-refractivity contribution in [2.45, 2.75) is 18.9 Å². The molecule has 0 unspecified atom stereocenters. The van der Waals surface area contributed by atoms with Gasteiger partial charge in [-0.3, -0.25) is 14.6 Å². The van der Waals surface area contributed by atoms with Crippen molar-refractivity contribution in [1.82, 2.24) is 10.3 Å². The predicted molar refractivity (Wildman–Crippen MR) is 81.9 cm³/mol. The molecule has 0 spiro atoms. The number of carbonyl (C=O) groups excluding carboxylic acids is 2. The van der Waals surface area contributed by atoms with Gasteiger partial charge in [-0.1, -0.05) is 18.2 Å². The molecule has 2 aromatic rings. The molecule has 23 heavy (non-hydrogen) atoms. The topological polar surface area (TPSA) is 106 Å². The highest BCUT2D eigenvalue weighted by atomic mass is 16.5. The number of amides is 1. The lowest BCUT2D eigenvalue weighted by atomic mass is 10.1. The number of carboxylic acids is 1. The first kappa shape index (κ1) is 16.4. The summed E-state index contributed by atoms with van der Waals surface area (Å²) in [6.07, 6.45) is 1.42. The van der Waals surface area contributed by atoms with Crippen LogP contribution in [0.4, 0.5) is 0 Å². The molecule has 1 heterocycles. The average Bonchev–Trinajstić information content (AvgIpc) is 2.57. The van der Waals surface area contributed by atoms with Crippen molar-refractivity contribution >= 4 is 28.7 Å². The molecule has 0 aliphatic heterocycles. The third kappa shape index (κ3) is 4.03. The maximum Gasteiger partial charge on any atom is 0.326 e. The highest BCUT2D eigenvalue weighted by molar-refractivity contribution is 6.06. The Hall–Kier alpha value is -2.96. The van der Waals surface area contributed by atoms with Gasteiger partial charge in [0.2, 0.25) is 0 Å². The van der Waals surface area contributed by atoms with Gasteiger partial charge < -0.3 is 15.2 Å². The molecule has 0 radical (unpaired) electrons. The van der Waals surface area contributed by atoms with Gasteiger partial charge in [0, 0.05) is 18.0 Å². The third-order valence-corrected chi connectivity index (χ3v) is 3.35. The molecule has 0 saturated carbocycles. The van der Waals surface area contributed by atoms with Crippen LogP contribution in [0.1, 0.15) is 23.2 Å². The van der Waals surface area contributed by atoms with Gasteiger partial charge in [0.1, 0.15) is 6.04 Å². The minimum atomic E-state index is -1.21. The van der Waals surface area contributed by atoms with Gasteiger partial charge in [0.05, 0.1) is 18.2 Å². The number of para-hydroxylation sites is 1. The van der Waals surface area contributed by atoms with Crippen LogP contribution >= 0.6 is 0 Å². The number of benzene rings is 1. The van der Waals surface area contributed by atoms with Crippen LogP contribution in [0, 0.1) is 0 Å². The lowest BCUT2D eigenvalue weighted by Crippen LogP contribution is -2.41. The standard InChI is InChI=1S/C16H16N2O5/c1-23-13(19)8-7-12(16(21)22)18-15(20)11-6-2-4-10-5-3-9-17-14(10)11/h2-6,9,12H,7-8H2,1H3,(H,18,20)(H,21,22)/t12-/m1/s1. The zero-order valence-electron chi connectivity index (χ0n) is 12.5. The normalized spacial score (nSPS) is 11.7. The van der Waals surface area contributed by atoms with Crippen LogP contribution < -0.4 is 5.32 Å². The van der Waals surface area contributed by atoms with Gasteiger partial charge >= 0.3 is 11.9 Å². The summed E-state index contributed by atoms with van der Waals surface area (Å²) in [5.74, 6) is -2.29. The number of carboxylic acid groups (broad SMARTS) is 1. The van der Waals surface area contributed by atoms with Gasteiger partial charge in [-0.25, -0.2) is 4.79 Å². The Balaban J connectivity index is 2.17. The molecule has 0 aliphatic carbocycles. The lowest BCUT2D eigenvalue weighted by molar-refractivity contribution is -0.142. The van der Waals surface area contributed by atoms with Crippen LogP contribution in [-0.2, 0) is 14.3 Å². The first-order valence-electron chi connectivity index (χ1n) is 6.97. The van der Waals surface area contributed by atoms with Crippen molar-refractivity contribution in [3.8, 4) is 0 Å². The molecule has 1 amide bonds. The Kier molecular flexibility index (Phi) is 5.24. The van der Waals surface area contributed by atoms with Crippen molar-refractivity contribution in [2.24, 2.45) is 0 Å². The van der Waals surface area contributed by atoms with Crippen LogP contribution in [-0.4, -0.2) is 41.1 Å². The van der Waals surface area contributed by atoms with Crippen molar-refractivity contribution in [2.75, 3.05) is 7.11 Å². The molecular formula is C16H16N2O5. The fourth-order valence-electron chi connectivity index (χ4n) is 2.15. The number of hydrogen-bond acceptors (Lipinski definition) is 5. The number of hydrogen-bond donors (Lipinski definition) is 2. The van der Waals surface area contributed by atoms with E-state index in [-0.39, 0.29) is 18.4 Å². The van der Waals surface area contributed by atoms with E-state index in [1.165, 1.54) is 7.11 Å². The fraction of sp³-hybridized carbons (Fsp3) is 0.250. The highest BCUT2D eigenvalue weighted by Crippen LogP contribution is 2.16. The molecule has 2 rings (SSSR count). The lowest BCUT2D eigenvalue weighted by Gasteiger charge is -2.14. The molecule has 0 fully saturated rings. The zero-order valence-corrected chi connectivity index (χ0v) is 12.5.